The van der Waals surface area contributed by atoms with Gasteiger partial charge in [0.1, 0.15) is 0 Å². The number of hydrogen-bond acceptors (Lipinski definition) is 5. The summed E-state index contributed by atoms with van der Waals surface area (Å²) in [6, 6.07) is 4.53. The molecule has 0 aromatic carbocycles. The first-order valence-corrected chi connectivity index (χ1v) is 7.88. The Morgan fingerprint density at radius 1 is 1.43 bits per heavy atom. The molecule has 1 aliphatic rings. The van der Waals surface area contributed by atoms with Crippen LogP contribution in [-0.4, -0.2) is 48.5 Å². The molecule has 5 heteroatoms. The molecule has 2 heterocycles. The van der Waals surface area contributed by atoms with Crippen molar-refractivity contribution in [1.29, 1.82) is 0 Å². The third-order valence-electron chi connectivity index (χ3n) is 3.88. The van der Waals surface area contributed by atoms with E-state index in [9.17, 15) is 5.11 Å². The summed E-state index contributed by atoms with van der Waals surface area (Å²) in [6.45, 7) is 8.87. The summed E-state index contributed by atoms with van der Waals surface area (Å²) in [5.41, 5.74) is 2.18. The fraction of sp³-hybridized carbons (Fsp3) is 0.688. The van der Waals surface area contributed by atoms with E-state index in [-0.39, 0.29) is 18.8 Å². The summed E-state index contributed by atoms with van der Waals surface area (Å²) in [4.78, 5) is 6.85. The molecule has 1 aromatic rings. The quantitative estimate of drug-likeness (QED) is 0.836. The smallest absolute Gasteiger partial charge is 0.0984 e. The lowest BCUT2D eigenvalue weighted by Crippen LogP contribution is -2.48. The SMILES string of the molecule is CCNC(CC)c1ccc(N2CC(C)OC(CO)C2)cn1. The van der Waals surface area contributed by atoms with Gasteiger partial charge < -0.3 is 20.1 Å². The lowest BCUT2D eigenvalue weighted by molar-refractivity contribution is -0.0421. The average molecular weight is 293 g/mol. The number of aliphatic hydroxyl groups is 1. The Bertz CT molecular complexity index is 424. The largest absolute Gasteiger partial charge is 0.394 e. The first kappa shape index (κ1) is 16.2. The maximum Gasteiger partial charge on any atom is 0.0984 e. The molecule has 3 unspecified atom stereocenters. The van der Waals surface area contributed by atoms with E-state index in [1.54, 1.807) is 0 Å². The van der Waals surface area contributed by atoms with Crippen LogP contribution in [0.1, 0.15) is 38.9 Å². The zero-order valence-electron chi connectivity index (χ0n) is 13.2. The van der Waals surface area contributed by atoms with Gasteiger partial charge in [-0.25, -0.2) is 0 Å². The molecule has 118 valence electrons. The molecule has 1 aliphatic heterocycles. The highest BCUT2D eigenvalue weighted by Crippen LogP contribution is 2.22. The van der Waals surface area contributed by atoms with E-state index in [4.69, 9.17) is 4.74 Å². The zero-order valence-corrected chi connectivity index (χ0v) is 13.2. The summed E-state index contributed by atoms with van der Waals surface area (Å²) < 4.78 is 5.68. The summed E-state index contributed by atoms with van der Waals surface area (Å²) in [5, 5.41) is 12.7. The Hall–Kier alpha value is -1.17. The number of nitrogens with one attached hydrogen (secondary N) is 1. The van der Waals surface area contributed by atoms with Crippen LogP contribution in [-0.2, 0) is 4.74 Å². The van der Waals surface area contributed by atoms with Crippen LogP contribution in [0.15, 0.2) is 18.3 Å². The molecule has 1 aromatic heterocycles. The van der Waals surface area contributed by atoms with Gasteiger partial charge >= 0.3 is 0 Å². The van der Waals surface area contributed by atoms with Crippen molar-refractivity contribution in [2.45, 2.75) is 45.4 Å². The van der Waals surface area contributed by atoms with E-state index in [0.29, 0.717) is 12.6 Å². The van der Waals surface area contributed by atoms with Crippen molar-refractivity contribution < 1.29 is 9.84 Å². The Morgan fingerprint density at radius 3 is 2.81 bits per heavy atom. The van der Waals surface area contributed by atoms with Crippen LogP contribution in [0.2, 0.25) is 0 Å². The Balaban J connectivity index is 2.07. The lowest BCUT2D eigenvalue weighted by Gasteiger charge is -2.37. The van der Waals surface area contributed by atoms with E-state index in [0.717, 1.165) is 30.9 Å². The van der Waals surface area contributed by atoms with E-state index in [1.165, 1.54) is 0 Å². The molecule has 2 rings (SSSR count). The second kappa shape index (κ2) is 7.73. The number of aliphatic hydroxyl groups excluding tert-OH is 1. The highest BCUT2D eigenvalue weighted by atomic mass is 16.5. The van der Waals surface area contributed by atoms with Crippen LogP contribution >= 0.6 is 0 Å². The van der Waals surface area contributed by atoms with Crippen molar-refractivity contribution in [3.63, 3.8) is 0 Å². The molecule has 0 aliphatic carbocycles. The van der Waals surface area contributed by atoms with Gasteiger partial charge in [0, 0.05) is 19.1 Å². The van der Waals surface area contributed by atoms with Crippen molar-refractivity contribution in [3.8, 4) is 0 Å². The van der Waals surface area contributed by atoms with Crippen molar-refractivity contribution >= 4 is 5.69 Å². The number of hydrogen-bond donors (Lipinski definition) is 2. The van der Waals surface area contributed by atoms with Gasteiger partial charge in [-0.1, -0.05) is 13.8 Å². The minimum atomic E-state index is -0.112. The maximum absolute atomic E-state index is 9.31. The second-order valence-corrected chi connectivity index (χ2v) is 5.62. The van der Waals surface area contributed by atoms with Gasteiger partial charge in [0.2, 0.25) is 0 Å². The number of aromatic nitrogens is 1. The normalized spacial score (nSPS) is 24.1. The maximum atomic E-state index is 9.31. The molecule has 3 atom stereocenters. The number of pyridine rings is 1. The Labute approximate surface area is 127 Å². The summed E-state index contributed by atoms with van der Waals surface area (Å²) in [5.74, 6) is 0. The first-order chi connectivity index (χ1) is 10.2. The predicted octanol–water partition coefficient (Wildman–Crippen LogP) is 1.73. The third kappa shape index (κ3) is 4.15. The molecule has 0 radical (unpaired) electrons. The molecule has 0 amide bonds. The van der Waals surface area contributed by atoms with Crippen LogP contribution in [0.25, 0.3) is 0 Å². The van der Waals surface area contributed by atoms with Gasteiger partial charge in [-0.3, -0.25) is 4.98 Å². The van der Waals surface area contributed by atoms with Gasteiger partial charge in [0.05, 0.1) is 36.4 Å². The molecule has 1 saturated heterocycles. The fourth-order valence-corrected chi connectivity index (χ4v) is 2.85. The number of ether oxygens (including phenoxy) is 1. The number of nitrogens with zero attached hydrogens (tertiary/aromatic N) is 2. The Kier molecular flexibility index (Phi) is 5.96. The van der Waals surface area contributed by atoms with Gasteiger partial charge in [-0.2, -0.15) is 0 Å². The van der Waals surface area contributed by atoms with Crippen LogP contribution in [0.4, 0.5) is 5.69 Å². The molecule has 5 nitrogen and oxygen atoms in total. The third-order valence-corrected chi connectivity index (χ3v) is 3.88. The van der Waals surface area contributed by atoms with E-state index in [2.05, 4.69) is 41.2 Å². The topological polar surface area (TPSA) is 57.6 Å². The zero-order chi connectivity index (χ0) is 15.2. The van der Waals surface area contributed by atoms with Crippen molar-refractivity contribution in [1.82, 2.24) is 10.3 Å². The Morgan fingerprint density at radius 2 is 2.24 bits per heavy atom. The fourth-order valence-electron chi connectivity index (χ4n) is 2.85. The highest BCUT2D eigenvalue weighted by molar-refractivity contribution is 5.45. The van der Waals surface area contributed by atoms with Crippen molar-refractivity contribution in [3.05, 3.63) is 24.0 Å². The van der Waals surface area contributed by atoms with Crippen molar-refractivity contribution in [2.75, 3.05) is 31.1 Å². The molecule has 2 N–H and O–H groups in total. The monoisotopic (exact) mass is 293 g/mol. The minimum absolute atomic E-state index is 0.0602. The molecule has 0 saturated carbocycles. The van der Waals surface area contributed by atoms with Gasteiger partial charge in [0.15, 0.2) is 0 Å². The molecule has 0 spiro atoms. The molecule has 1 fully saturated rings. The van der Waals surface area contributed by atoms with Gasteiger partial charge in [-0.05, 0) is 32.0 Å². The lowest BCUT2D eigenvalue weighted by atomic mass is 10.1. The van der Waals surface area contributed by atoms with Crippen molar-refractivity contribution in [2.24, 2.45) is 0 Å². The molecule has 0 bridgehead atoms. The average Bonchev–Trinajstić information content (AvgIpc) is 2.52. The summed E-state index contributed by atoms with van der Waals surface area (Å²) >= 11 is 0. The van der Waals surface area contributed by atoms with E-state index >= 15 is 0 Å². The predicted molar refractivity (Wildman–Crippen MR) is 84.6 cm³/mol. The number of rotatable bonds is 6. The molecular formula is C16H27N3O2. The van der Waals surface area contributed by atoms with E-state index in [1.807, 2.05) is 13.1 Å². The van der Waals surface area contributed by atoms with Crippen LogP contribution in [0.5, 0.6) is 0 Å². The van der Waals surface area contributed by atoms with E-state index < -0.39 is 0 Å². The van der Waals surface area contributed by atoms with Gasteiger partial charge in [0.25, 0.3) is 0 Å². The number of morpholine rings is 1. The van der Waals surface area contributed by atoms with Crippen LogP contribution in [0.3, 0.4) is 0 Å². The summed E-state index contributed by atoms with van der Waals surface area (Å²) in [7, 11) is 0. The minimum Gasteiger partial charge on any atom is -0.394 e. The number of anilines is 1. The van der Waals surface area contributed by atoms with Gasteiger partial charge in [-0.15, -0.1) is 0 Å². The standard InChI is InChI=1S/C16H27N3O2/c1-4-15(17-5-2)16-7-6-13(8-18-16)19-9-12(3)21-14(10-19)11-20/h6-8,12,14-15,17,20H,4-5,9-11H2,1-3H3. The second-order valence-electron chi connectivity index (χ2n) is 5.62. The van der Waals surface area contributed by atoms with Crippen LogP contribution in [0, 0.1) is 0 Å². The first-order valence-electron chi connectivity index (χ1n) is 7.88. The molecule has 21 heavy (non-hydrogen) atoms. The molecular weight excluding hydrogens is 266 g/mol. The van der Waals surface area contributed by atoms with Crippen LogP contribution < -0.4 is 10.2 Å². The summed E-state index contributed by atoms with van der Waals surface area (Å²) in [6.07, 6.45) is 2.97. The highest BCUT2D eigenvalue weighted by Gasteiger charge is 2.25.